The molecular weight excluding hydrogens is 278 g/mol. The highest BCUT2D eigenvalue weighted by Gasteiger charge is 2.50. The van der Waals surface area contributed by atoms with Gasteiger partial charge in [0, 0.05) is 13.1 Å². The molecule has 5 fully saturated rings. The highest BCUT2D eigenvalue weighted by molar-refractivity contribution is 5.67. The molecule has 5 rings (SSSR count). The summed E-state index contributed by atoms with van der Waals surface area (Å²) in [7, 11) is 0. The van der Waals surface area contributed by atoms with Crippen molar-refractivity contribution in [3.05, 3.63) is 0 Å². The van der Waals surface area contributed by atoms with Crippen LogP contribution in [0.15, 0.2) is 0 Å². The lowest BCUT2D eigenvalue weighted by atomic mass is 9.50. The minimum Gasteiger partial charge on any atom is -0.422 e. The maximum Gasteiger partial charge on any atom is 0.411 e. The second-order valence-corrected chi connectivity index (χ2v) is 8.34. The van der Waals surface area contributed by atoms with Crippen LogP contribution in [0, 0.1) is 23.2 Å². The van der Waals surface area contributed by atoms with Crippen LogP contribution in [-0.4, -0.2) is 37.5 Å². The molecule has 4 nitrogen and oxygen atoms in total. The Hall–Kier alpha value is -0.770. The number of carbonyl (C=O) groups is 1. The van der Waals surface area contributed by atoms with Gasteiger partial charge in [-0.05, 0) is 81.0 Å². The Bertz CT molecular complexity index is 381. The van der Waals surface area contributed by atoms with E-state index in [0.717, 1.165) is 50.3 Å². The van der Waals surface area contributed by atoms with E-state index in [0.29, 0.717) is 5.41 Å². The third kappa shape index (κ3) is 2.99. The Balaban J connectivity index is 1.21. The Morgan fingerprint density at radius 3 is 2.14 bits per heavy atom. The lowest BCUT2D eigenvalue weighted by Gasteiger charge is -2.56. The van der Waals surface area contributed by atoms with Gasteiger partial charge in [-0.15, -0.1) is 0 Å². The molecule has 0 aromatic carbocycles. The summed E-state index contributed by atoms with van der Waals surface area (Å²) >= 11 is 0. The average molecular weight is 307 g/mol. The summed E-state index contributed by atoms with van der Waals surface area (Å²) in [5, 5.41) is 0. The summed E-state index contributed by atoms with van der Waals surface area (Å²) in [5.74, 6) is 2.85. The summed E-state index contributed by atoms with van der Waals surface area (Å²) in [5.41, 5.74) is 0.409. The molecule has 0 aromatic rings. The van der Waals surface area contributed by atoms with E-state index in [9.17, 15) is 4.79 Å². The van der Waals surface area contributed by atoms with E-state index in [2.05, 4.69) is 0 Å². The van der Waals surface area contributed by atoms with Gasteiger partial charge in [0.2, 0.25) is 0 Å². The summed E-state index contributed by atoms with van der Waals surface area (Å²) in [6, 6.07) is 0. The fraction of sp³-hybridized carbons (Fsp3) is 0.944. The minimum absolute atomic E-state index is 0.136. The van der Waals surface area contributed by atoms with E-state index in [1.165, 1.54) is 44.9 Å². The van der Waals surface area contributed by atoms with Crippen molar-refractivity contribution in [1.29, 1.82) is 0 Å². The van der Waals surface area contributed by atoms with Gasteiger partial charge in [-0.25, -0.2) is 4.79 Å². The van der Waals surface area contributed by atoms with Crippen LogP contribution in [0.5, 0.6) is 0 Å². The molecular formula is C18H29NO3. The van der Waals surface area contributed by atoms with Crippen LogP contribution in [0.4, 0.5) is 4.79 Å². The maximum atomic E-state index is 11.9. The van der Waals surface area contributed by atoms with Crippen molar-refractivity contribution >= 4 is 6.09 Å². The standard InChI is InChI=1S/C18H29NO3/c20-17(19-4-2-1-3-5-19)22-13-21-12-18-9-14-6-15(10-18)8-16(7-14)11-18/h14-16H,1-13H2. The van der Waals surface area contributed by atoms with Crippen molar-refractivity contribution in [2.45, 2.75) is 57.8 Å². The zero-order valence-electron chi connectivity index (χ0n) is 13.6. The quantitative estimate of drug-likeness (QED) is 0.586. The fourth-order valence-corrected chi connectivity index (χ4v) is 5.98. The molecule has 0 atom stereocenters. The lowest BCUT2D eigenvalue weighted by molar-refractivity contribution is -0.124. The first kappa shape index (κ1) is 14.8. The molecule has 0 aromatic heterocycles. The molecule has 4 saturated carbocycles. The van der Waals surface area contributed by atoms with Gasteiger partial charge in [-0.2, -0.15) is 0 Å². The third-order valence-electron chi connectivity index (χ3n) is 6.45. The smallest absolute Gasteiger partial charge is 0.411 e. The van der Waals surface area contributed by atoms with Crippen LogP contribution in [0.25, 0.3) is 0 Å². The van der Waals surface area contributed by atoms with Gasteiger partial charge in [0.25, 0.3) is 0 Å². The molecule has 0 radical (unpaired) electrons. The van der Waals surface area contributed by atoms with E-state index in [-0.39, 0.29) is 12.9 Å². The number of hydrogen-bond donors (Lipinski definition) is 0. The van der Waals surface area contributed by atoms with Crippen molar-refractivity contribution in [2.24, 2.45) is 23.2 Å². The number of rotatable bonds is 4. The molecule has 5 aliphatic rings. The van der Waals surface area contributed by atoms with Crippen LogP contribution in [0.3, 0.4) is 0 Å². The molecule has 0 spiro atoms. The van der Waals surface area contributed by atoms with Gasteiger partial charge in [0.1, 0.15) is 0 Å². The molecule has 4 bridgehead atoms. The number of nitrogens with zero attached hydrogens (tertiary/aromatic N) is 1. The van der Waals surface area contributed by atoms with Gasteiger partial charge < -0.3 is 14.4 Å². The van der Waals surface area contributed by atoms with Gasteiger partial charge in [0.05, 0.1) is 6.61 Å². The highest BCUT2D eigenvalue weighted by Crippen LogP contribution is 2.59. The van der Waals surface area contributed by atoms with Gasteiger partial charge in [0.15, 0.2) is 6.79 Å². The summed E-state index contributed by atoms with van der Waals surface area (Å²) in [6.07, 6.45) is 11.7. The first-order valence-electron chi connectivity index (χ1n) is 9.22. The topological polar surface area (TPSA) is 38.8 Å². The maximum absolute atomic E-state index is 11.9. The Labute approximate surface area is 133 Å². The predicted molar refractivity (Wildman–Crippen MR) is 83.3 cm³/mol. The zero-order valence-corrected chi connectivity index (χ0v) is 13.6. The van der Waals surface area contributed by atoms with Gasteiger partial charge in [-0.1, -0.05) is 0 Å². The SMILES string of the molecule is O=C(OCOCC12CC3CC(CC(C3)C1)C2)N1CCCCC1. The van der Waals surface area contributed by atoms with Gasteiger partial charge in [-0.3, -0.25) is 0 Å². The second kappa shape index (κ2) is 6.03. The minimum atomic E-state index is -0.190. The number of carbonyl (C=O) groups excluding carboxylic acids is 1. The number of ether oxygens (including phenoxy) is 2. The van der Waals surface area contributed by atoms with Crippen molar-refractivity contribution in [3.63, 3.8) is 0 Å². The van der Waals surface area contributed by atoms with E-state index in [1.807, 2.05) is 4.90 Å². The molecule has 4 heteroatoms. The van der Waals surface area contributed by atoms with Gasteiger partial charge >= 0.3 is 6.09 Å². The van der Waals surface area contributed by atoms with Crippen LogP contribution in [-0.2, 0) is 9.47 Å². The van der Waals surface area contributed by atoms with Crippen molar-refractivity contribution in [1.82, 2.24) is 4.90 Å². The zero-order chi connectivity index (χ0) is 15.0. The average Bonchev–Trinajstić information content (AvgIpc) is 2.51. The highest BCUT2D eigenvalue weighted by atomic mass is 16.7. The number of amides is 1. The van der Waals surface area contributed by atoms with E-state index in [1.54, 1.807) is 0 Å². The number of hydrogen-bond acceptors (Lipinski definition) is 3. The Morgan fingerprint density at radius 2 is 1.55 bits per heavy atom. The molecule has 1 aliphatic heterocycles. The van der Waals surface area contributed by atoms with Crippen LogP contribution in [0.2, 0.25) is 0 Å². The van der Waals surface area contributed by atoms with Crippen LogP contribution >= 0.6 is 0 Å². The Kier molecular flexibility index (Phi) is 4.05. The molecule has 0 unspecified atom stereocenters. The monoisotopic (exact) mass is 307 g/mol. The predicted octanol–water partition coefficient (Wildman–Crippen LogP) is 3.80. The largest absolute Gasteiger partial charge is 0.422 e. The van der Waals surface area contributed by atoms with Crippen molar-refractivity contribution in [2.75, 3.05) is 26.5 Å². The fourth-order valence-electron chi connectivity index (χ4n) is 5.98. The Morgan fingerprint density at radius 1 is 0.955 bits per heavy atom. The summed E-state index contributed by atoms with van der Waals surface area (Å²) in [6.45, 7) is 2.61. The summed E-state index contributed by atoms with van der Waals surface area (Å²) in [4.78, 5) is 13.8. The van der Waals surface area contributed by atoms with Crippen molar-refractivity contribution in [3.8, 4) is 0 Å². The number of likely N-dealkylation sites (tertiary alicyclic amines) is 1. The van der Waals surface area contributed by atoms with E-state index < -0.39 is 0 Å². The first-order valence-corrected chi connectivity index (χ1v) is 9.22. The van der Waals surface area contributed by atoms with E-state index in [4.69, 9.17) is 9.47 Å². The van der Waals surface area contributed by atoms with Crippen molar-refractivity contribution < 1.29 is 14.3 Å². The third-order valence-corrected chi connectivity index (χ3v) is 6.45. The molecule has 0 N–H and O–H groups in total. The molecule has 22 heavy (non-hydrogen) atoms. The van der Waals surface area contributed by atoms with Crippen LogP contribution in [0.1, 0.15) is 57.8 Å². The number of piperidine rings is 1. The second-order valence-electron chi connectivity index (χ2n) is 8.34. The lowest BCUT2D eigenvalue weighted by Crippen LogP contribution is -2.48. The normalized spacial score (nSPS) is 40.0. The first-order chi connectivity index (χ1) is 10.7. The molecule has 4 aliphatic carbocycles. The molecule has 1 amide bonds. The molecule has 1 saturated heterocycles. The molecule has 1 heterocycles. The van der Waals surface area contributed by atoms with E-state index >= 15 is 0 Å². The van der Waals surface area contributed by atoms with Crippen LogP contribution < -0.4 is 0 Å². The molecule has 124 valence electrons. The summed E-state index contributed by atoms with van der Waals surface area (Å²) < 4.78 is 11.1.